The Labute approximate surface area is 254 Å². The van der Waals surface area contributed by atoms with Gasteiger partial charge in [-0.25, -0.2) is 4.98 Å². The minimum Gasteiger partial charge on any atom is -0.376 e. The zero-order valence-electron chi connectivity index (χ0n) is 24.3. The van der Waals surface area contributed by atoms with Crippen LogP contribution >= 0.6 is 0 Å². The van der Waals surface area contributed by atoms with E-state index in [0.717, 1.165) is 25.9 Å². The summed E-state index contributed by atoms with van der Waals surface area (Å²) in [6.45, 7) is 1.35. The van der Waals surface area contributed by atoms with Gasteiger partial charge < -0.3 is 9.30 Å². The topological polar surface area (TPSA) is 27.1 Å². The third-order valence-electron chi connectivity index (χ3n) is 8.87. The molecule has 1 unspecified atom stereocenters. The molecule has 0 fully saturated rings. The van der Waals surface area contributed by atoms with Gasteiger partial charge in [-0.1, -0.05) is 146 Å². The highest BCUT2D eigenvalue weighted by Crippen LogP contribution is 2.43. The minimum absolute atomic E-state index is 0.444. The molecule has 7 rings (SSSR count). The molecule has 212 valence electrons. The number of fused-ring (bicyclic) bond motifs is 1. The van der Waals surface area contributed by atoms with Gasteiger partial charge >= 0.3 is 0 Å². The number of hydrogen-bond acceptors (Lipinski definition) is 2. The fourth-order valence-corrected chi connectivity index (χ4v) is 6.83. The van der Waals surface area contributed by atoms with Crippen molar-refractivity contribution in [2.45, 2.75) is 31.4 Å². The van der Waals surface area contributed by atoms with Crippen LogP contribution in [0, 0.1) is 5.92 Å². The van der Waals surface area contributed by atoms with Crippen molar-refractivity contribution in [2.24, 2.45) is 5.92 Å². The molecule has 0 saturated heterocycles. The average molecular weight is 561 g/mol. The number of rotatable bonds is 9. The van der Waals surface area contributed by atoms with Gasteiger partial charge in [-0.2, -0.15) is 0 Å². The van der Waals surface area contributed by atoms with Crippen LogP contribution in [0.2, 0.25) is 0 Å². The van der Waals surface area contributed by atoms with E-state index < -0.39 is 5.54 Å². The molecule has 0 N–H and O–H groups in total. The Bertz CT molecular complexity index is 1670. The number of imidazole rings is 1. The van der Waals surface area contributed by atoms with Gasteiger partial charge in [0.05, 0.1) is 25.2 Å². The van der Waals surface area contributed by atoms with Crippen LogP contribution in [-0.2, 0) is 29.7 Å². The third kappa shape index (κ3) is 5.22. The number of ether oxygens (including phenoxy) is 1. The van der Waals surface area contributed by atoms with Crippen LogP contribution in [0.4, 0.5) is 0 Å². The lowest BCUT2D eigenvalue weighted by molar-refractivity contribution is 0.0818. The summed E-state index contributed by atoms with van der Waals surface area (Å²) >= 11 is 0. The quantitative estimate of drug-likeness (QED) is 0.165. The van der Waals surface area contributed by atoms with Gasteiger partial charge in [0.25, 0.3) is 0 Å². The second kappa shape index (κ2) is 12.2. The minimum atomic E-state index is -0.519. The maximum Gasteiger partial charge on any atom is 0.121 e. The van der Waals surface area contributed by atoms with E-state index in [1.54, 1.807) is 0 Å². The van der Waals surface area contributed by atoms with Crippen molar-refractivity contribution in [3.8, 4) is 11.1 Å². The molecule has 0 aliphatic heterocycles. The number of benzene rings is 5. The molecule has 0 bridgehead atoms. The first-order valence-electron chi connectivity index (χ1n) is 15.3. The Kier molecular flexibility index (Phi) is 7.73. The van der Waals surface area contributed by atoms with Crippen LogP contribution in [0.25, 0.3) is 11.1 Å². The van der Waals surface area contributed by atoms with Crippen molar-refractivity contribution >= 4 is 0 Å². The summed E-state index contributed by atoms with van der Waals surface area (Å²) in [7, 11) is 0. The van der Waals surface area contributed by atoms with E-state index >= 15 is 0 Å². The molecule has 1 aliphatic rings. The SMILES string of the molecule is c1ccc(-c2ccccc2COCC2CCc3c(ncn3C(c3ccccc3)(c3ccccc3)c3ccccc3)C2)cc1. The lowest BCUT2D eigenvalue weighted by atomic mass is 9.76. The van der Waals surface area contributed by atoms with Crippen molar-refractivity contribution < 1.29 is 4.74 Å². The van der Waals surface area contributed by atoms with E-state index in [-0.39, 0.29) is 0 Å². The first-order chi connectivity index (χ1) is 21.3. The first kappa shape index (κ1) is 27.1. The Morgan fingerprint density at radius 3 is 1.79 bits per heavy atom. The summed E-state index contributed by atoms with van der Waals surface area (Å²) < 4.78 is 8.84. The van der Waals surface area contributed by atoms with E-state index in [1.165, 1.54) is 44.8 Å². The van der Waals surface area contributed by atoms with Crippen LogP contribution in [0.1, 0.15) is 40.1 Å². The van der Waals surface area contributed by atoms with E-state index in [2.05, 4.69) is 156 Å². The molecular weight excluding hydrogens is 524 g/mol. The van der Waals surface area contributed by atoms with Crippen molar-refractivity contribution in [2.75, 3.05) is 6.61 Å². The van der Waals surface area contributed by atoms with Crippen molar-refractivity contribution in [3.63, 3.8) is 0 Å². The predicted molar refractivity (Wildman–Crippen MR) is 174 cm³/mol. The molecule has 3 nitrogen and oxygen atoms in total. The van der Waals surface area contributed by atoms with E-state index in [9.17, 15) is 0 Å². The van der Waals surface area contributed by atoms with Crippen LogP contribution in [0.5, 0.6) is 0 Å². The molecular formula is C40H36N2O. The van der Waals surface area contributed by atoms with Gasteiger partial charge in [-0.3, -0.25) is 0 Å². The molecule has 5 aromatic carbocycles. The molecule has 0 radical (unpaired) electrons. The molecule has 43 heavy (non-hydrogen) atoms. The smallest absolute Gasteiger partial charge is 0.121 e. The Hall–Kier alpha value is -4.73. The summed E-state index contributed by atoms with van der Waals surface area (Å²) in [5.41, 5.74) is 9.39. The van der Waals surface area contributed by atoms with Gasteiger partial charge in [-0.15, -0.1) is 0 Å². The van der Waals surface area contributed by atoms with Gasteiger partial charge in [-0.05, 0) is 58.6 Å². The molecule has 0 spiro atoms. The van der Waals surface area contributed by atoms with Gasteiger partial charge in [0.2, 0.25) is 0 Å². The summed E-state index contributed by atoms with van der Waals surface area (Å²) in [5, 5.41) is 0. The molecule has 1 heterocycles. The highest BCUT2D eigenvalue weighted by Gasteiger charge is 2.41. The maximum atomic E-state index is 6.38. The van der Waals surface area contributed by atoms with Crippen molar-refractivity contribution in [1.29, 1.82) is 0 Å². The lowest BCUT2D eigenvalue weighted by Crippen LogP contribution is -2.39. The van der Waals surface area contributed by atoms with E-state index in [1.807, 2.05) is 0 Å². The normalized spacial score (nSPS) is 14.7. The fraction of sp³-hybridized carbons (Fsp3) is 0.175. The Morgan fingerprint density at radius 2 is 1.19 bits per heavy atom. The van der Waals surface area contributed by atoms with Gasteiger partial charge in [0, 0.05) is 5.69 Å². The molecule has 1 atom stereocenters. The van der Waals surface area contributed by atoms with Crippen molar-refractivity contribution in [3.05, 3.63) is 186 Å². The summed E-state index contributed by atoms with van der Waals surface area (Å²) in [5.74, 6) is 0.444. The second-order valence-electron chi connectivity index (χ2n) is 11.5. The average Bonchev–Trinajstić information content (AvgIpc) is 3.51. The van der Waals surface area contributed by atoms with Gasteiger partial charge in [0.15, 0.2) is 0 Å². The predicted octanol–water partition coefficient (Wildman–Crippen LogP) is 8.71. The van der Waals surface area contributed by atoms with Crippen LogP contribution in [0.3, 0.4) is 0 Å². The highest BCUT2D eigenvalue weighted by molar-refractivity contribution is 5.67. The van der Waals surface area contributed by atoms with Crippen LogP contribution in [-0.4, -0.2) is 16.2 Å². The summed E-state index contributed by atoms with van der Waals surface area (Å²) in [6, 6.07) is 51.8. The summed E-state index contributed by atoms with van der Waals surface area (Å²) in [4.78, 5) is 5.08. The lowest BCUT2D eigenvalue weighted by Gasteiger charge is -2.39. The molecule has 6 aromatic rings. The molecule has 0 saturated carbocycles. The Balaban J connectivity index is 1.17. The van der Waals surface area contributed by atoms with Crippen molar-refractivity contribution in [1.82, 2.24) is 9.55 Å². The number of hydrogen-bond donors (Lipinski definition) is 0. The first-order valence-corrected chi connectivity index (χ1v) is 15.3. The number of aromatic nitrogens is 2. The largest absolute Gasteiger partial charge is 0.376 e. The fourth-order valence-electron chi connectivity index (χ4n) is 6.83. The summed E-state index contributed by atoms with van der Waals surface area (Å²) in [6.07, 6.45) is 5.06. The Morgan fingerprint density at radius 1 is 0.651 bits per heavy atom. The molecule has 0 amide bonds. The zero-order valence-corrected chi connectivity index (χ0v) is 24.3. The number of nitrogens with zero attached hydrogens (tertiary/aromatic N) is 2. The monoisotopic (exact) mass is 560 g/mol. The maximum absolute atomic E-state index is 6.38. The standard InChI is InChI=1S/C40H36N2O/c1-5-15-32(16-6-1)37-24-14-13-17-33(37)29-43-28-31-25-26-39-38(27-31)41-30-42(39)40(34-18-7-2-8-19-34,35-20-9-3-10-21-35)36-22-11-4-12-23-36/h1-24,30-31H,25-29H2. The highest BCUT2D eigenvalue weighted by atomic mass is 16.5. The van der Waals surface area contributed by atoms with Crippen LogP contribution in [0.15, 0.2) is 152 Å². The molecule has 1 aromatic heterocycles. The molecule has 1 aliphatic carbocycles. The second-order valence-corrected chi connectivity index (χ2v) is 11.5. The van der Waals surface area contributed by atoms with E-state index in [0.29, 0.717) is 12.5 Å². The van der Waals surface area contributed by atoms with Crippen LogP contribution < -0.4 is 0 Å². The third-order valence-corrected chi connectivity index (χ3v) is 8.87. The molecule has 3 heteroatoms. The zero-order chi connectivity index (χ0) is 28.9. The van der Waals surface area contributed by atoms with Gasteiger partial charge in [0.1, 0.15) is 5.54 Å². The van der Waals surface area contributed by atoms with E-state index in [4.69, 9.17) is 9.72 Å².